The van der Waals surface area contributed by atoms with Gasteiger partial charge in [0.15, 0.2) is 0 Å². The molecular weight excluding hydrogens is 381 g/mol. The van der Waals surface area contributed by atoms with Crippen LogP contribution in [0.5, 0.6) is 0 Å². The summed E-state index contributed by atoms with van der Waals surface area (Å²) in [4.78, 5) is 37.9. The molecule has 1 fully saturated rings. The number of ketones is 1. The molecule has 1 saturated heterocycles. The third-order valence-corrected chi connectivity index (χ3v) is 4.98. The van der Waals surface area contributed by atoms with Crippen LogP contribution < -0.4 is 9.80 Å². The molecule has 0 saturated carbocycles. The van der Waals surface area contributed by atoms with Crippen LogP contribution in [0.3, 0.4) is 0 Å². The first kappa shape index (κ1) is 20.4. The third-order valence-electron chi connectivity index (χ3n) is 4.98. The molecule has 0 unspecified atom stereocenters. The molecule has 0 bridgehead atoms. The van der Waals surface area contributed by atoms with Crippen molar-refractivity contribution in [1.82, 2.24) is 0 Å². The number of ether oxygens (including phenoxy) is 1. The average Bonchev–Trinajstić information content (AvgIpc) is 2.73. The van der Waals surface area contributed by atoms with Gasteiger partial charge in [0, 0.05) is 11.6 Å². The monoisotopic (exact) mass is 402 g/mol. The normalized spacial score (nSPS) is 14.5. The zero-order valence-electron chi connectivity index (χ0n) is 15.9. The topological polar surface area (TPSA) is 94.2 Å². The van der Waals surface area contributed by atoms with Gasteiger partial charge in [0.1, 0.15) is 18.0 Å². The highest BCUT2D eigenvalue weighted by atomic mass is 19.1. The number of rotatable bonds is 6. The molecule has 0 radical (unpaired) electrons. The lowest BCUT2D eigenvalue weighted by molar-refractivity contribution is -0.892. The van der Waals surface area contributed by atoms with Crippen molar-refractivity contribution in [2.45, 2.75) is 0 Å². The highest BCUT2D eigenvalue weighted by molar-refractivity contribution is 5.96. The highest BCUT2D eigenvalue weighted by Crippen LogP contribution is 2.29. The van der Waals surface area contributed by atoms with Gasteiger partial charge in [-0.25, -0.2) is 9.18 Å². The van der Waals surface area contributed by atoms with Crippen LogP contribution in [0.2, 0.25) is 0 Å². The Morgan fingerprint density at radius 1 is 1.14 bits per heavy atom. The van der Waals surface area contributed by atoms with E-state index in [1.54, 1.807) is 6.07 Å². The molecule has 29 heavy (non-hydrogen) atoms. The van der Waals surface area contributed by atoms with Crippen LogP contribution in [0, 0.1) is 15.9 Å². The van der Waals surface area contributed by atoms with E-state index in [1.807, 2.05) is 4.90 Å². The van der Waals surface area contributed by atoms with E-state index < -0.39 is 10.9 Å². The van der Waals surface area contributed by atoms with Gasteiger partial charge in [-0.1, -0.05) is 0 Å². The Hall–Kier alpha value is -3.33. The summed E-state index contributed by atoms with van der Waals surface area (Å²) in [5.41, 5.74) is 0.873. The number of carbonyl (C=O) groups is 2. The van der Waals surface area contributed by atoms with Crippen LogP contribution in [0.1, 0.15) is 20.7 Å². The van der Waals surface area contributed by atoms with Gasteiger partial charge in [-0.15, -0.1) is 0 Å². The number of hydrogen-bond acceptors (Lipinski definition) is 6. The summed E-state index contributed by atoms with van der Waals surface area (Å²) < 4.78 is 17.6. The molecule has 0 atom stereocenters. The molecule has 8 nitrogen and oxygen atoms in total. The lowest BCUT2D eigenvalue weighted by atomic mass is 10.1. The van der Waals surface area contributed by atoms with E-state index in [-0.39, 0.29) is 29.4 Å². The minimum atomic E-state index is -0.631. The molecule has 0 spiro atoms. The van der Waals surface area contributed by atoms with Crippen molar-refractivity contribution in [2.24, 2.45) is 0 Å². The minimum Gasteiger partial charge on any atom is -0.465 e. The standard InChI is InChI=1S/C20H20FN3O5/c1-29-20(26)15-4-7-17(18(12-15)24(27)28)23-10-8-22(9-11-23)13-19(25)14-2-5-16(21)6-3-14/h2-7,12H,8-11,13H2,1H3/p+1. The second kappa shape index (κ2) is 8.78. The number of benzene rings is 2. The molecule has 2 aromatic rings. The van der Waals surface area contributed by atoms with E-state index in [0.29, 0.717) is 37.4 Å². The minimum absolute atomic E-state index is 0.0677. The summed E-state index contributed by atoms with van der Waals surface area (Å²) in [6.45, 7) is 2.60. The zero-order chi connectivity index (χ0) is 21.0. The fraction of sp³-hybridized carbons (Fsp3) is 0.300. The smallest absolute Gasteiger partial charge is 0.338 e. The molecule has 3 rings (SSSR count). The fourth-order valence-electron chi connectivity index (χ4n) is 3.39. The predicted octanol–water partition coefficient (Wildman–Crippen LogP) is 1.11. The number of Topliss-reactive ketones (excluding diaryl/α,β-unsaturated/α-hetero) is 1. The summed E-state index contributed by atoms with van der Waals surface area (Å²) in [5.74, 6) is -1.09. The molecule has 0 aromatic heterocycles. The maximum atomic E-state index is 13.0. The molecule has 9 heteroatoms. The van der Waals surface area contributed by atoms with Crippen molar-refractivity contribution in [3.05, 3.63) is 69.5 Å². The van der Waals surface area contributed by atoms with Crippen LogP contribution in [0.4, 0.5) is 15.8 Å². The summed E-state index contributed by atoms with van der Waals surface area (Å²) in [6.07, 6.45) is 0. The molecule has 0 amide bonds. The van der Waals surface area contributed by atoms with Crippen LogP contribution in [0.15, 0.2) is 42.5 Å². The van der Waals surface area contributed by atoms with Gasteiger partial charge >= 0.3 is 5.97 Å². The van der Waals surface area contributed by atoms with Gasteiger partial charge in [0.25, 0.3) is 5.69 Å². The number of halogens is 1. The quantitative estimate of drug-likeness (QED) is 0.337. The van der Waals surface area contributed by atoms with E-state index in [1.165, 1.54) is 43.5 Å². The van der Waals surface area contributed by atoms with E-state index in [9.17, 15) is 24.1 Å². The molecule has 152 valence electrons. The first-order valence-corrected chi connectivity index (χ1v) is 9.13. The van der Waals surface area contributed by atoms with Gasteiger partial charge in [0.2, 0.25) is 5.78 Å². The number of nitro groups is 1. The number of hydrogen-bond donors (Lipinski definition) is 1. The Morgan fingerprint density at radius 2 is 1.76 bits per heavy atom. The summed E-state index contributed by atoms with van der Waals surface area (Å²) >= 11 is 0. The van der Waals surface area contributed by atoms with E-state index in [4.69, 9.17) is 0 Å². The first-order chi connectivity index (χ1) is 13.9. The van der Waals surface area contributed by atoms with Gasteiger partial charge in [0.05, 0.1) is 43.8 Å². The summed E-state index contributed by atoms with van der Waals surface area (Å²) in [7, 11) is 1.22. The Bertz CT molecular complexity index is 924. The molecule has 1 aliphatic heterocycles. The van der Waals surface area contributed by atoms with Crippen LogP contribution in [-0.4, -0.2) is 56.5 Å². The molecule has 2 aromatic carbocycles. The maximum Gasteiger partial charge on any atom is 0.338 e. The third kappa shape index (κ3) is 4.75. The van der Waals surface area contributed by atoms with Crippen LogP contribution in [0.25, 0.3) is 0 Å². The first-order valence-electron chi connectivity index (χ1n) is 9.13. The van der Waals surface area contributed by atoms with Gasteiger partial charge < -0.3 is 14.5 Å². The van der Waals surface area contributed by atoms with Gasteiger partial charge in [-0.3, -0.25) is 14.9 Å². The van der Waals surface area contributed by atoms with Crippen molar-refractivity contribution >= 4 is 23.1 Å². The Labute approximate surface area is 166 Å². The molecule has 1 heterocycles. The van der Waals surface area contributed by atoms with E-state index >= 15 is 0 Å². The molecule has 1 aliphatic rings. The van der Waals surface area contributed by atoms with Crippen molar-refractivity contribution in [3.63, 3.8) is 0 Å². The number of nitrogens with zero attached hydrogens (tertiary/aromatic N) is 2. The predicted molar refractivity (Wildman–Crippen MR) is 103 cm³/mol. The highest BCUT2D eigenvalue weighted by Gasteiger charge is 2.28. The number of nitro benzene ring substituents is 1. The number of esters is 1. The fourth-order valence-corrected chi connectivity index (χ4v) is 3.39. The SMILES string of the molecule is COC(=O)c1ccc(N2CC[NH+](CC(=O)c3ccc(F)cc3)CC2)c([N+](=O)[O-])c1. The second-order valence-corrected chi connectivity index (χ2v) is 6.80. The van der Waals surface area contributed by atoms with Crippen molar-refractivity contribution in [2.75, 3.05) is 44.7 Å². The van der Waals surface area contributed by atoms with Gasteiger partial charge in [-0.05, 0) is 36.4 Å². The van der Waals surface area contributed by atoms with Crippen molar-refractivity contribution < 1.29 is 28.5 Å². The number of piperazine rings is 1. The number of anilines is 1. The van der Waals surface area contributed by atoms with Crippen molar-refractivity contribution in [1.29, 1.82) is 0 Å². The molecule has 0 aliphatic carbocycles. The molecule has 1 N–H and O–H groups in total. The maximum absolute atomic E-state index is 13.0. The lowest BCUT2D eigenvalue weighted by Gasteiger charge is -2.33. The number of carbonyl (C=O) groups excluding carboxylic acids is 2. The number of methoxy groups -OCH3 is 1. The van der Waals surface area contributed by atoms with Crippen LogP contribution >= 0.6 is 0 Å². The summed E-state index contributed by atoms with van der Waals surface area (Å²) in [6, 6.07) is 9.75. The lowest BCUT2D eigenvalue weighted by Crippen LogP contribution is -3.15. The van der Waals surface area contributed by atoms with Gasteiger partial charge in [-0.2, -0.15) is 0 Å². The Morgan fingerprint density at radius 3 is 2.34 bits per heavy atom. The van der Waals surface area contributed by atoms with Crippen molar-refractivity contribution in [3.8, 4) is 0 Å². The van der Waals surface area contributed by atoms with E-state index in [2.05, 4.69) is 4.74 Å². The second-order valence-electron chi connectivity index (χ2n) is 6.80. The largest absolute Gasteiger partial charge is 0.465 e. The van der Waals surface area contributed by atoms with Crippen LogP contribution in [-0.2, 0) is 4.74 Å². The Balaban J connectivity index is 1.65. The number of nitrogens with one attached hydrogen (secondary N) is 1. The average molecular weight is 402 g/mol. The van der Waals surface area contributed by atoms with E-state index in [0.717, 1.165) is 4.90 Å². The molecular formula is C20H21FN3O5+. The zero-order valence-corrected chi connectivity index (χ0v) is 15.9. The number of quaternary nitrogens is 1. The summed E-state index contributed by atoms with van der Waals surface area (Å²) in [5, 5.41) is 11.5. The Kier molecular flexibility index (Phi) is 6.18.